The Labute approximate surface area is 160 Å². The van der Waals surface area contributed by atoms with Gasteiger partial charge in [0, 0.05) is 12.3 Å². The lowest BCUT2D eigenvalue weighted by molar-refractivity contribution is 0.137. The molecule has 0 radical (unpaired) electrons. The van der Waals surface area contributed by atoms with E-state index in [1.54, 1.807) is 5.57 Å². The maximum absolute atomic E-state index is 10.5. The molecule has 146 valence electrons. The van der Waals surface area contributed by atoms with Gasteiger partial charge >= 0.3 is 0 Å². The Balaban J connectivity index is 1.89. The molecule has 0 spiro atoms. The van der Waals surface area contributed by atoms with E-state index in [2.05, 4.69) is 43.0 Å². The summed E-state index contributed by atoms with van der Waals surface area (Å²) < 4.78 is 0. The maximum atomic E-state index is 10.5. The van der Waals surface area contributed by atoms with E-state index < -0.39 is 6.10 Å². The number of rotatable bonds is 8. The summed E-state index contributed by atoms with van der Waals surface area (Å²) in [6.07, 6.45) is 11.9. The average molecular weight is 360 g/mol. The number of aliphatic hydroxyl groups excluding tert-OH is 2. The zero-order chi connectivity index (χ0) is 19.1. The lowest BCUT2D eigenvalue weighted by Crippen LogP contribution is -2.19. The van der Waals surface area contributed by atoms with Crippen molar-refractivity contribution in [1.82, 2.24) is 4.90 Å². The van der Waals surface area contributed by atoms with Crippen LogP contribution in [0.2, 0.25) is 0 Å². The smallest absolute Gasteiger partial charge is 0.0755 e. The molecule has 0 saturated heterocycles. The van der Waals surface area contributed by atoms with E-state index in [1.165, 1.54) is 6.42 Å². The van der Waals surface area contributed by atoms with Crippen LogP contribution in [0.15, 0.2) is 23.8 Å². The third-order valence-corrected chi connectivity index (χ3v) is 6.07. The normalized spacial score (nSPS) is 32.0. The van der Waals surface area contributed by atoms with Crippen molar-refractivity contribution in [3.63, 3.8) is 0 Å². The molecule has 3 heteroatoms. The van der Waals surface area contributed by atoms with Crippen LogP contribution in [-0.4, -0.2) is 48.0 Å². The minimum atomic E-state index is -0.482. The highest BCUT2D eigenvalue weighted by Crippen LogP contribution is 2.50. The van der Waals surface area contributed by atoms with Crippen molar-refractivity contribution in [2.75, 3.05) is 20.6 Å². The number of allylic oxidation sites excluding steroid dienone is 2. The Morgan fingerprint density at radius 3 is 2.77 bits per heavy atom. The second-order valence-corrected chi connectivity index (χ2v) is 8.50. The molecule has 6 atom stereocenters. The van der Waals surface area contributed by atoms with Crippen LogP contribution in [0, 0.1) is 35.5 Å². The largest absolute Gasteiger partial charge is 0.392 e. The number of fused-ring (bicyclic) bond motifs is 1. The molecule has 0 aromatic rings. The molecular weight excluding hydrogens is 322 g/mol. The molecule has 0 heterocycles. The number of nitrogens with zero attached hydrogens (tertiary/aromatic N) is 1. The van der Waals surface area contributed by atoms with E-state index in [0.29, 0.717) is 18.3 Å². The van der Waals surface area contributed by atoms with E-state index in [0.717, 1.165) is 32.2 Å². The van der Waals surface area contributed by atoms with Gasteiger partial charge in [-0.1, -0.05) is 30.7 Å². The molecule has 2 rings (SSSR count). The van der Waals surface area contributed by atoms with Gasteiger partial charge in [-0.05, 0) is 77.4 Å². The molecule has 2 aliphatic carbocycles. The molecule has 2 fully saturated rings. The molecule has 3 nitrogen and oxygen atoms in total. The standard InChI is InChI=1S/C23H37NO2/c1-5-6-9-17(2)22(25)12-11-20-21-15-18(10-7-8-13-24(3)4)14-19(21)16-23(20)26/h10-12,17,19-23,25-26H,7-9,13-16H2,1-4H3/t17-,19+,20-,21+,22-,23-/m1/s1. The van der Waals surface area contributed by atoms with E-state index in [9.17, 15) is 10.2 Å². The van der Waals surface area contributed by atoms with Gasteiger partial charge in [0.25, 0.3) is 0 Å². The summed E-state index contributed by atoms with van der Waals surface area (Å²) >= 11 is 0. The molecule has 2 N–H and O–H groups in total. The van der Waals surface area contributed by atoms with Crippen LogP contribution in [0.25, 0.3) is 0 Å². The van der Waals surface area contributed by atoms with Gasteiger partial charge in [0.05, 0.1) is 12.2 Å². The first-order valence-corrected chi connectivity index (χ1v) is 10.2. The van der Waals surface area contributed by atoms with Crippen LogP contribution in [-0.2, 0) is 0 Å². The third kappa shape index (κ3) is 5.98. The highest BCUT2D eigenvalue weighted by atomic mass is 16.3. The molecule has 2 aliphatic rings. The van der Waals surface area contributed by atoms with Crippen molar-refractivity contribution in [2.45, 2.75) is 64.6 Å². The quantitative estimate of drug-likeness (QED) is 0.395. The van der Waals surface area contributed by atoms with Gasteiger partial charge in [-0.15, -0.1) is 11.8 Å². The maximum Gasteiger partial charge on any atom is 0.0755 e. The summed E-state index contributed by atoms with van der Waals surface area (Å²) in [7, 11) is 4.24. The first-order chi connectivity index (χ1) is 12.4. The number of hydrogen-bond donors (Lipinski definition) is 2. The minimum absolute atomic E-state index is 0.128. The number of hydrogen-bond acceptors (Lipinski definition) is 3. The molecule has 0 bridgehead atoms. The van der Waals surface area contributed by atoms with Crippen LogP contribution in [0.5, 0.6) is 0 Å². The molecule has 0 aromatic heterocycles. The topological polar surface area (TPSA) is 43.7 Å². The molecule has 2 saturated carbocycles. The summed E-state index contributed by atoms with van der Waals surface area (Å²) in [5.74, 6) is 7.39. The molecule has 0 unspecified atom stereocenters. The molecule has 0 aliphatic heterocycles. The van der Waals surface area contributed by atoms with Crippen LogP contribution in [0.1, 0.15) is 52.4 Å². The zero-order valence-electron chi connectivity index (χ0n) is 17.0. The Hall–Kier alpha value is -1.08. The molecule has 26 heavy (non-hydrogen) atoms. The predicted molar refractivity (Wildman–Crippen MR) is 109 cm³/mol. The van der Waals surface area contributed by atoms with Crippen molar-refractivity contribution >= 4 is 0 Å². The van der Waals surface area contributed by atoms with Crippen LogP contribution >= 0.6 is 0 Å². The third-order valence-electron chi connectivity index (χ3n) is 6.07. The molecule has 0 aromatic carbocycles. The van der Waals surface area contributed by atoms with E-state index in [1.807, 2.05) is 19.9 Å². The fourth-order valence-electron chi connectivity index (χ4n) is 4.47. The van der Waals surface area contributed by atoms with Gasteiger partial charge in [-0.2, -0.15) is 0 Å². The summed E-state index contributed by atoms with van der Waals surface area (Å²) in [5.41, 5.74) is 1.58. The zero-order valence-corrected chi connectivity index (χ0v) is 17.0. The summed E-state index contributed by atoms with van der Waals surface area (Å²) in [4.78, 5) is 2.23. The van der Waals surface area contributed by atoms with Gasteiger partial charge in [-0.25, -0.2) is 0 Å². The van der Waals surface area contributed by atoms with Gasteiger partial charge in [-0.3, -0.25) is 0 Å². The van der Waals surface area contributed by atoms with E-state index >= 15 is 0 Å². The number of aliphatic hydroxyl groups is 2. The molecular formula is C23H37NO2. The first-order valence-electron chi connectivity index (χ1n) is 10.2. The van der Waals surface area contributed by atoms with E-state index in [4.69, 9.17) is 0 Å². The average Bonchev–Trinajstić information content (AvgIpc) is 3.10. The van der Waals surface area contributed by atoms with Crippen molar-refractivity contribution in [3.8, 4) is 11.8 Å². The Morgan fingerprint density at radius 1 is 1.31 bits per heavy atom. The van der Waals surface area contributed by atoms with Gasteiger partial charge in [0.1, 0.15) is 0 Å². The summed E-state index contributed by atoms with van der Waals surface area (Å²) in [5, 5.41) is 20.8. The lowest BCUT2D eigenvalue weighted by Gasteiger charge is -2.19. The summed E-state index contributed by atoms with van der Waals surface area (Å²) in [6, 6.07) is 0. The Morgan fingerprint density at radius 2 is 2.08 bits per heavy atom. The summed E-state index contributed by atoms with van der Waals surface area (Å²) in [6.45, 7) is 4.99. The minimum Gasteiger partial charge on any atom is -0.392 e. The van der Waals surface area contributed by atoms with Crippen LogP contribution < -0.4 is 0 Å². The fourth-order valence-corrected chi connectivity index (χ4v) is 4.47. The second-order valence-electron chi connectivity index (χ2n) is 8.50. The Kier molecular flexibility index (Phi) is 8.41. The Bertz CT molecular complexity index is 554. The van der Waals surface area contributed by atoms with Crippen molar-refractivity contribution in [3.05, 3.63) is 23.8 Å². The van der Waals surface area contributed by atoms with Crippen molar-refractivity contribution in [1.29, 1.82) is 0 Å². The van der Waals surface area contributed by atoms with Gasteiger partial charge in [0.2, 0.25) is 0 Å². The lowest BCUT2D eigenvalue weighted by atomic mass is 9.89. The van der Waals surface area contributed by atoms with Crippen LogP contribution in [0.3, 0.4) is 0 Å². The number of unbranched alkanes of at least 4 members (excludes halogenated alkanes) is 1. The van der Waals surface area contributed by atoms with E-state index in [-0.39, 0.29) is 17.9 Å². The predicted octanol–water partition coefficient (Wildman–Crippen LogP) is 3.63. The van der Waals surface area contributed by atoms with Crippen molar-refractivity contribution in [2.24, 2.45) is 23.7 Å². The first kappa shape index (κ1) is 21.2. The fraction of sp³-hybridized carbons (Fsp3) is 0.739. The SMILES string of the molecule is CC#CC[C@@H](C)[C@H](O)C=C[C@@H]1[C@H]2CC(=CCCCN(C)C)C[C@H]2C[C@H]1O. The van der Waals surface area contributed by atoms with Gasteiger partial charge < -0.3 is 15.1 Å². The highest BCUT2D eigenvalue weighted by molar-refractivity contribution is 5.18. The second kappa shape index (κ2) is 10.3. The van der Waals surface area contributed by atoms with Gasteiger partial charge in [0.15, 0.2) is 0 Å². The monoisotopic (exact) mass is 359 g/mol. The molecule has 0 amide bonds. The highest BCUT2D eigenvalue weighted by Gasteiger charge is 2.44. The van der Waals surface area contributed by atoms with Crippen molar-refractivity contribution < 1.29 is 10.2 Å². The van der Waals surface area contributed by atoms with Crippen LogP contribution in [0.4, 0.5) is 0 Å².